The number of carbonyl (C=O) groups excluding carboxylic acids is 1. The minimum atomic E-state index is -0.295. The van der Waals surface area contributed by atoms with Crippen LogP contribution in [0.1, 0.15) is 70.4 Å². The first-order valence-electron chi connectivity index (χ1n) is 12.3. The number of ketones is 1. The maximum absolute atomic E-state index is 12.1. The lowest BCUT2D eigenvalue weighted by atomic mass is 9.46. The molecule has 0 spiro atoms. The van der Waals surface area contributed by atoms with E-state index in [9.17, 15) is 9.90 Å². The second-order valence-corrected chi connectivity index (χ2v) is 12.1. The standard InChI is InChI=1S/C28H33NO2S/c1-27-13-12-19(30)14-18(27)8-9-20-21-10-11-22(28(21,2)15-24(31)25(20)27)23-16-32-26(29-23)17-6-4-3-5-7-17/h3-7,14,16,20-22,24-25,31H,8-13,15H2,1-2H3/t20-,21-,22-,24+,25+,27-,28-/m1/s1. The Hall–Kier alpha value is -1.78. The van der Waals surface area contributed by atoms with Gasteiger partial charge in [-0.25, -0.2) is 4.98 Å². The summed E-state index contributed by atoms with van der Waals surface area (Å²) >= 11 is 1.75. The average molecular weight is 448 g/mol. The summed E-state index contributed by atoms with van der Waals surface area (Å²) in [6.07, 6.45) is 8.61. The van der Waals surface area contributed by atoms with Crippen molar-refractivity contribution < 1.29 is 9.90 Å². The van der Waals surface area contributed by atoms with Crippen LogP contribution in [0.4, 0.5) is 0 Å². The normalized spacial score (nSPS) is 40.9. The van der Waals surface area contributed by atoms with Gasteiger partial charge in [-0.3, -0.25) is 4.79 Å². The van der Waals surface area contributed by atoms with Crippen LogP contribution in [0.15, 0.2) is 47.4 Å². The first-order chi connectivity index (χ1) is 15.4. The summed E-state index contributed by atoms with van der Waals surface area (Å²) in [4.78, 5) is 17.2. The summed E-state index contributed by atoms with van der Waals surface area (Å²) in [6.45, 7) is 4.78. The lowest BCUT2D eigenvalue weighted by Gasteiger charge is -2.59. The molecular weight excluding hydrogens is 414 g/mol. The minimum Gasteiger partial charge on any atom is -0.393 e. The highest BCUT2D eigenvalue weighted by molar-refractivity contribution is 7.13. The third-order valence-corrected chi connectivity index (χ3v) is 10.7. The molecule has 3 saturated carbocycles. The van der Waals surface area contributed by atoms with E-state index in [1.807, 2.05) is 12.1 Å². The average Bonchev–Trinajstić information content (AvgIpc) is 3.38. The number of benzene rings is 1. The van der Waals surface area contributed by atoms with E-state index in [0.717, 1.165) is 30.7 Å². The molecule has 0 radical (unpaired) electrons. The number of hydrogen-bond acceptors (Lipinski definition) is 4. The third-order valence-electron chi connectivity index (χ3n) is 9.79. The molecule has 32 heavy (non-hydrogen) atoms. The first-order valence-corrected chi connectivity index (χ1v) is 13.2. The number of hydrogen-bond donors (Lipinski definition) is 1. The van der Waals surface area contributed by atoms with Crippen molar-refractivity contribution >= 4 is 17.1 Å². The monoisotopic (exact) mass is 447 g/mol. The number of allylic oxidation sites excluding steroid dienone is 1. The Balaban J connectivity index is 1.32. The lowest BCUT2D eigenvalue weighted by Crippen LogP contribution is -2.56. The molecule has 6 rings (SSSR count). The maximum Gasteiger partial charge on any atom is 0.155 e. The summed E-state index contributed by atoms with van der Waals surface area (Å²) in [5.74, 6) is 2.19. The Bertz CT molecular complexity index is 1070. The van der Waals surface area contributed by atoms with Crippen molar-refractivity contribution in [2.75, 3.05) is 0 Å². The van der Waals surface area contributed by atoms with Crippen LogP contribution >= 0.6 is 11.3 Å². The van der Waals surface area contributed by atoms with E-state index >= 15 is 0 Å². The van der Waals surface area contributed by atoms with E-state index in [1.165, 1.54) is 29.7 Å². The Kier molecular flexibility index (Phi) is 4.79. The molecule has 4 aliphatic carbocycles. The number of fused-ring (bicyclic) bond motifs is 5. The predicted octanol–water partition coefficient (Wildman–Crippen LogP) is 6.40. The molecule has 4 aliphatic rings. The number of thiazole rings is 1. The van der Waals surface area contributed by atoms with E-state index in [0.29, 0.717) is 30.1 Å². The molecule has 0 unspecified atom stereocenters. The molecule has 3 nitrogen and oxygen atoms in total. The molecule has 4 heteroatoms. The van der Waals surface area contributed by atoms with Gasteiger partial charge in [0.15, 0.2) is 5.78 Å². The zero-order valence-corrected chi connectivity index (χ0v) is 19.9. The van der Waals surface area contributed by atoms with Crippen LogP contribution in [0.3, 0.4) is 0 Å². The fourth-order valence-electron chi connectivity index (χ4n) is 8.33. The smallest absolute Gasteiger partial charge is 0.155 e. The highest BCUT2D eigenvalue weighted by Crippen LogP contribution is 2.68. The van der Waals surface area contributed by atoms with Crippen molar-refractivity contribution in [3.05, 3.63) is 53.1 Å². The molecular formula is C28H33NO2S. The molecule has 1 aromatic carbocycles. The molecule has 1 N–H and O–H groups in total. The highest BCUT2D eigenvalue weighted by Gasteiger charge is 2.62. The molecule has 1 heterocycles. The number of aliphatic hydroxyl groups is 1. The van der Waals surface area contributed by atoms with Crippen molar-refractivity contribution in [1.82, 2.24) is 4.98 Å². The Labute approximate surface area is 195 Å². The van der Waals surface area contributed by atoms with Gasteiger partial charge in [-0.2, -0.15) is 0 Å². The molecule has 0 amide bonds. The minimum absolute atomic E-state index is 0.00320. The second-order valence-electron chi connectivity index (χ2n) is 11.2. The van der Waals surface area contributed by atoms with E-state index in [1.54, 1.807) is 11.3 Å². The second kappa shape index (κ2) is 7.36. The maximum atomic E-state index is 12.1. The lowest BCUT2D eigenvalue weighted by molar-refractivity contribution is -0.129. The van der Waals surface area contributed by atoms with E-state index in [-0.39, 0.29) is 22.7 Å². The summed E-state index contributed by atoms with van der Waals surface area (Å²) in [6, 6.07) is 10.5. The van der Waals surface area contributed by atoms with Gasteiger partial charge in [-0.05, 0) is 73.2 Å². The number of nitrogens with zero attached hydrogens (tertiary/aromatic N) is 1. The van der Waals surface area contributed by atoms with Gasteiger partial charge in [0, 0.05) is 23.3 Å². The van der Waals surface area contributed by atoms with Crippen LogP contribution in [0.2, 0.25) is 0 Å². The number of aliphatic hydroxyl groups excluding tert-OH is 1. The fourth-order valence-corrected chi connectivity index (χ4v) is 9.21. The van der Waals surface area contributed by atoms with Gasteiger partial charge < -0.3 is 5.11 Å². The third kappa shape index (κ3) is 2.95. The molecule has 1 aromatic heterocycles. The van der Waals surface area contributed by atoms with Gasteiger partial charge in [0.1, 0.15) is 5.01 Å². The predicted molar refractivity (Wildman–Crippen MR) is 128 cm³/mol. The zero-order valence-electron chi connectivity index (χ0n) is 19.1. The Morgan fingerprint density at radius 3 is 2.72 bits per heavy atom. The van der Waals surface area contributed by atoms with Crippen molar-refractivity contribution in [1.29, 1.82) is 0 Å². The van der Waals surface area contributed by atoms with Gasteiger partial charge in [0.2, 0.25) is 0 Å². The molecule has 3 fully saturated rings. The van der Waals surface area contributed by atoms with E-state index in [4.69, 9.17) is 4.98 Å². The van der Waals surface area contributed by atoms with Gasteiger partial charge in [-0.1, -0.05) is 49.8 Å². The van der Waals surface area contributed by atoms with Gasteiger partial charge in [-0.15, -0.1) is 11.3 Å². The molecule has 0 bridgehead atoms. The van der Waals surface area contributed by atoms with Crippen LogP contribution in [-0.2, 0) is 4.79 Å². The summed E-state index contributed by atoms with van der Waals surface area (Å²) in [5.41, 5.74) is 3.84. The Morgan fingerprint density at radius 1 is 1.09 bits per heavy atom. The van der Waals surface area contributed by atoms with Crippen LogP contribution in [-0.4, -0.2) is 22.0 Å². The van der Waals surface area contributed by atoms with E-state index < -0.39 is 0 Å². The Morgan fingerprint density at radius 2 is 1.91 bits per heavy atom. The number of aromatic nitrogens is 1. The quantitative estimate of drug-likeness (QED) is 0.580. The van der Waals surface area contributed by atoms with Crippen LogP contribution in [0.5, 0.6) is 0 Å². The molecule has 168 valence electrons. The molecule has 7 atom stereocenters. The summed E-state index contributed by atoms with van der Waals surface area (Å²) in [7, 11) is 0. The van der Waals surface area contributed by atoms with Crippen LogP contribution < -0.4 is 0 Å². The van der Waals surface area contributed by atoms with Gasteiger partial charge in [0.05, 0.1) is 11.8 Å². The van der Waals surface area contributed by atoms with Crippen molar-refractivity contribution in [2.24, 2.45) is 28.6 Å². The van der Waals surface area contributed by atoms with Gasteiger partial charge in [0.25, 0.3) is 0 Å². The SMILES string of the molecule is C[C@@]12C[C@H](O)[C@@H]3[C@H](CCC4=CC(=O)CC[C@]43C)[C@H]1CC[C@@H]2c1csc(-c2ccccc2)n1. The largest absolute Gasteiger partial charge is 0.393 e. The fraction of sp³-hybridized carbons (Fsp3) is 0.571. The molecule has 0 saturated heterocycles. The molecule has 0 aliphatic heterocycles. The van der Waals surface area contributed by atoms with Crippen molar-refractivity contribution in [3.63, 3.8) is 0 Å². The van der Waals surface area contributed by atoms with Crippen molar-refractivity contribution in [3.8, 4) is 10.6 Å². The van der Waals surface area contributed by atoms with Crippen molar-refractivity contribution in [2.45, 2.75) is 70.8 Å². The highest BCUT2D eigenvalue weighted by atomic mass is 32.1. The number of carbonyl (C=O) groups is 1. The number of rotatable bonds is 2. The summed E-state index contributed by atoms with van der Waals surface area (Å²) in [5, 5.41) is 15.0. The van der Waals surface area contributed by atoms with Gasteiger partial charge >= 0.3 is 0 Å². The summed E-state index contributed by atoms with van der Waals surface area (Å²) < 4.78 is 0. The van der Waals surface area contributed by atoms with Crippen LogP contribution in [0.25, 0.3) is 10.6 Å². The van der Waals surface area contributed by atoms with Crippen LogP contribution in [0, 0.1) is 28.6 Å². The molecule has 2 aromatic rings. The topological polar surface area (TPSA) is 50.2 Å². The zero-order chi connectivity index (χ0) is 22.1. The first kappa shape index (κ1) is 20.8. The van der Waals surface area contributed by atoms with E-state index in [2.05, 4.69) is 43.5 Å².